The first-order valence-corrected chi connectivity index (χ1v) is 7.35. The summed E-state index contributed by atoms with van der Waals surface area (Å²) in [5, 5.41) is 4.26. The molecule has 3 aromatic rings. The molecule has 1 amide bonds. The fourth-order valence-corrected chi connectivity index (χ4v) is 2.57. The van der Waals surface area contributed by atoms with Crippen LogP contribution in [-0.2, 0) is 0 Å². The Hall–Kier alpha value is -1.98. The van der Waals surface area contributed by atoms with Crippen LogP contribution in [0.5, 0.6) is 0 Å². The summed E-state index contributed by atoms with van der Waals surface area (Å²) < 4.78 is 0.764. The molecule has 2 aromatic carbocycles. The number of nitrogens with two attached hydrogens (primary N) is 1. The number of H-pyrrole nitrogens is 1. The number of nitrogens with one attached hydrogen (secondary N) is 2. The quantitative estimate of drug-likeness (QED) is 0.589. The van der Waals surface area contributed by atoms with Gasteiger partial charge in [0.15, 0.2) is 0 Å². The lowest BCUT2D eigenvalue weighted by Crippen LogP contribution is -2.12. The molecule has 0 aliphatic rings. The van der Waals surface area contributed by atoms with Crippen LogP contribution in [0.25, 0.3) is 10.9 Å². The third kappa shape index (κ3) is 2.89. The molecule has 0 unspecified atom stereocenters. The maximum atomic E-state index is 12.3. The van der Waals surface area contributed by atoms with Gasteiger partial charge in [0, 0.05) is 26.1 Å². The number of hydrogen-bond donors (Lipinski definition) is 3. The van der Waals surface area contributed by atoms with Crippen molar-refractivity contribution in [3.8, 4) is 0 Å². The van der Waals surface area contributed by atoms with E-state index in [1.165, 1.54) is 0 Å². The lowest BCUT2D eigenvalue weighted by molar-refractivity contribution is 0.102. The minimum Gasteiger partial charge on any atom is -0.399 e. The van der Waals surface area contributed by atoms with E-state index in [2.05, 4.69) is 26.2 Å². The Morgan fingerprint density at radius 1 is 1.19 bits per heavy atom. The number of carbonyl (C=O) groups excluding carboxylic acids is 1. The van der Waals surface area contributed by atoms with E-state index in [1.54, 1.807) is 30.3 Å². The topological polar surface area (TPSA) is 70.9 Å². The van der Waals surface area contributed by atoms with Crippen molar-refractivity contribution in [2.75, 3.05) is 11.1 Å². The van der Waals surface area contributed by atoms with Crippen LogP contribution in [0.4, 0.5) is 11.4 Å². The van der Waals surface area contributed by atoms with Crippen LogP contribution in [0, 0.1) is 0 Å². The highest BCUT2D eigenvalue weighted by molar-refractivity contribution is 9.10. The van der Waals surface area contributed by atoms with Crippen molar-refractivity contribution in [3.05, 3.63) is 57.7 Å². The summed E-state index contributed by atoms with van der Waals surface area (Å²) in [5.74, 6) is -0.243. The average molecular weight is 365 g/mol. The van der Waals surface area contributed by atoms with Gasteiger partial charge in [-0.2, -0.15) is 0 Å². The Labute approximate surface area is 134 Å². The first-order valence-electron chi connectivity index (χ1n) is 6.17. The number of carbonyl (C=O) groups is 1. The highest BCUT2D eigenvalue weighted by Gasteiger charge is 2.11. The molecule has 0 aliphatic carbocycles. The zero-order valence-corrected chi connectivity index (χ0v) is 13.1. The van der Waals surface area contributed by atoms with Crippen molar-refractivity contribution in [1.29, 1.82) is 0 Å². The number of halogens is 2. The van der Waals surface area contributed by atoms with Gasteiger partial charge in [0.2, 0.25) is 0 Å². The predicted molar refractivity (Wildman–Crippen MR) is 89.8 cm³/mol. The van der Waals surface area contributed by atoms with Gasteiger partial charge in [0.05, 0.1) is 5.69 Å². The van der Waals surface area contributed by atoms with E-state index < -0.39 is 0 Å². The van der Waals surface area contributed by atoms with Gasteiger partial charge in [-0.15, -0.1) is 0 Å². The second-order valence-electron chi connectivity index (χ2n) is 4.61. The molecule has 4 nitrogen and oxygen atoms in total. The Kier molecular flexibility index (Phi) is 3.61. The standard InChI is InChI=1S/C15H11BrClN3O/c16-11-3-1-9(17)7-13(11)20-15(21)14-6-8-5-10(18)2-4-12(8)19-14/h1-7,19H,18H2,(H,20,21). The van der Waals surface area contributed by atoms with E-state index in [0.717, 1.165) is 15.4 Å². The molecule has 0 bridgehead atoms. The normalized spacial score (nSPS) is 10.8. The zero-order chi connectivity index (χ0) is 15.0. The van der Waals surface area contributed by atoms with Gasteiger partial charge in [0.25, 0.3) is 5.91 Å². The molecule has 0 saturated heterocycles. The molecule has 21 heavy (non-hydrogen) atoms. The van der Waals surface area contributed by atoms with Crippen LogP contribution in [-0.4, -0.2) is 10.9 Å². The molecule has 3 rings (SSSR count). The van der Waals surface area contributed by atoms with E-state index in [4.69, 9.17) is 17.3 Å². The molecule has 0 aliphatic heterocycles. The summed E-state index contributed by atoms with van der Waals surface area (Å²) in [4.78, 5) is 15.4. The highest BCUT2D eigenvalue weighted by Crippen LogP contribution is 2.27. The van der Waals surface area contributed by atoms with Crippen LogP contribution < -0.4 is 11.1 Å². The number of amides is 1. The monoisotopic (exact) mass is 363 g/mol. The Balaban J connectivity index is 1.91. The van der Waals surface area contributed by atoms with Crippen LogP contribution in [0.3, 0.4) is 0 Å². The van der Waals surface area contributed by atoms with E-state index >= 15 is 0 Å². The number of aromatic amines is 1. The van der Waals surface area contributed by atoms with Gasteiger partial charge in [-0.25, -0.2) is 0 Å². The number of rotatable bonds is 2. The number of hydrogen-bond acceptors (Lipinski definition) is 2. The fraction of sp³-hybridized carbons (Fsp3) is 0. The summed E-state index contributed by atoms with van der Waals surface area (Å²) >= 11 is 9.31. The van der Waals surface area contributed by atoms with Crippen molar-refractivity contribution in [3.63, 3.8) is 0 Å². The van der Waals surface area contributed by atoms with Crippen molar-refractivity contribution in [2.45, 2.75) is 0 Å². The maximum absolute atomic E-state index is 12.3. The number of anilines is 2. The Morgan fingerprint density at radius 3 is 2.81 bits per heavy atom. The predicted octanol–water partition coefficient (Wildman–Crippen LogP) is 4.42. The lowest BCUT2D eigenvalue weighted by atomic mass is 10.2. The summed E-state index contributed by atoms with van der Waals surface area (Å²) in [6.45, 7) is 0. The van der Waals surface area contributed by atoms with Crippen molar-refractivity contribution < 1.29 is 4.79 Å². The van der Waals surface area contributed by atoms with Gasteiger partial charge in [-0.1, -0.05) is 11.6 Å². The summed E-state index contributed by atoms with van der Waals surface area (Å²) in [6, 6.07) is 12.4. The minimum absolute atomic E-state index is 0.243. The van der Waals surface area contributed by atoms with Gasteiger partial charge in [-0.3, -0.25) is 4.79 Å². The van der Waals surface area contributed by atoms with Gasteiger partial charge in [-0.05, 0) is 58.4 Å². The largest absolute Gasteiger partial charge is 0.399 e. The Morgan fingerprint density at radius 2 is 2.00 bits per heavy atom. The molecule has 6 heteroatoms. The smallest absolute Gasteiger partial charge is 0.272 e. The second-order valence-corrected chi connectivity index (χ2v) is 5.90. The number of benzene rings is 2. The molecule has 1 heterocycles. The molecule has 0 spiro atoms. The van der Waals surface area contributed by atoms with E-state index in [1.807, 2.05) is 12.1 Å². The van der Waals surface area contributed by atoms with Crippen LogP contribution >= 0.6 is 27.5 Å². The minimum atomic E-state index is -0.243. The molecule has 0 atom stereocenters. The molecule has 0 radical (unpaired) electrons. The molecule has 106 valence electrons. The number of aromatic nitrogens is 1. The second kappa shape index (κ2) is 5.42. The van der Waals surface area contributed by atoms with Crippen LogP contribution in [0.2, 0.25) is 5.02 Å². The molecule has 1 aromatic heterocycles. The summed E-state index contributed by atoms with van der Waals surface area (Å²) in [6.07, 6.45) is 0. The first kappa shape index (κ1) is 14.0. The summed E-state index contributed by atoms with van der Waals surface area (Å²) in [7, 11) is 0. The van der Waals surface area contributed by atoms with Gasteiger partial charge >= 0.3 is 0 Å². The van der Waals surface area contributed by atoms with Gasteiger partial charge in [0.1, 0.15) is 5.69 Å². The van der Waals surface area contributed by atoms with Crippen molar-refractivity contribution in [2.24, 2.45) is 0 Å². The highest BCUT2D eigenvalue weighted by atomic mass is 79.9. The molecular weight excluding hydrogens is 354 g/mol. The van der Waals surface area contributed by atoms with Crippen LogP contribution in [0.1, 0.15) is 10.5 Å². The van der Waals surface area contributed by atoms with E-state index in [-0.39, 0.29) is 5.91 Å². The number of nitrogen functional groups attached to an aromatic ring is 1. The zero-order valence-electron chi connectivity index (χ0n) is 10.8. The van der Waals surface area contributed by atoms with Crippen LogP contribution in [0.15, 0.2) is 46.9 Å². The third-order valence-corrected chi connectivity index (χ3v) is 3.99. The molecule has 0 saturated carbocycles. The first-order chi connectivity index (χ1) is 10.0. The van der Waals surface area contributed by atoms with Gasteiger partial charge < -0.3 is 16.0 Å². The van der Waals surface area contributed by atoms with Crippen molar-refractivity contribution in [1.82, 2.24) is 4.98 Å². The maximum Gasteiger partial charge on any atom is 0.272 e. The lowest BCUT2D eigenvalue weighted by Gasteiger charge is -2.06. The van der Waals surface area contributed by atoms with E-state index in [9.17, 15) is 4.79 Å². The summed E-state index contributed by atoms with van der Waals surface area (Å²) in [5.41, 5.74) is 8.33. The Bertz CT molecular complexity index is 844. The third-order valence-electron chi connectivity index (χ3n) is 3.07. The van der Waals surface area contributed by atoms with E-state index in [0.29, 0.717) is 22.1 Å². The fourth-order valence-electron chi connectivity index (χ4n) is 2.06. The molecule has 4 N–H and O–H groups in total. The molecular formula is C15H11BrClN3O. The molecule has 0 fully saturated rings. The van der Waals surface area contributed by atoms with Crippen molar-refractivity contribution >= 4 is 55.7 Å². The average Bonchev–Trinajstić information content (AvgIpc) is 2.86. The SMILES string of the molecule is Nc1ccc2[nH]c(C(=O)Nc3cc(Cl)ccc3Br)cc2c1. The number of fused-ring (bicyclic) bond motifs is 1.